The average molecular weight is 479 g/mol. The van der Waals surface area contributed by atoms with E-state index in [0.717, 1.165) is 24.5 Å². The van der Waals surface area contributed by atoms with Crippen molar-refractivity contribution in [1.82, 2.24) is 14.8 Å². The number of rotatable bonds is 8. The number of aliphatic hydroxyl groups excluding tert-OH is 1. The summed E-state index contributed by atoms with van der Waals surface area (Å²) in [5.74, 6) is 1.70. The number of fused-ring (bicyclic) bond motifs is 3. The molecule has 3 aliphatic rings. The summed E-state index contributed by atoms with van der Waals surface area (Å²) in [6.45, 7) is 5.74. The van der Waals surface area contributed by atoms with Gasteiger partial charge in [-0.3, -0.25) is 14.8 Å². The Hall–Kier alpha value is -3.50. The van der Waals surface area contributed by atoms with E-state index in [-0.39, 0.29) is 6.61 Å². The van der Waals surface area contributed by atoms with Gasteiger partial charge in [0.15, 0.2) is 11.5 Å². The maximum Gasteiger partial charge on any atom is 0.251 e. The number of hydrogen-bond donors (Lipinski definition) is 2. The molecule has 10 nitrogen and oxygen atoms in total. The Balaban J connectivity index is 1.51. The van der Waals surface area contributed by atoms with E-state index in [4.69, 9.17) is 25.2 Å². The number of carbonyl (C=O) groups excluding carboxylic acids is 1. The molecule has 0 radical (unpaired) electrons. The number of aromatic nitrogens is 1. The van der Waals surface area contributed by atoms with Crippen LogP contribution in [-0.2, 0) is 0 Å². The lowest BCUT2D eigenvalue weighted by molar-refractivity contribution is 0.0747. The van der Waals surface area contributed by atoms with Crippen molar-refractivity contribution in [2.45, 2.75) is 25.9 Å². The van der Waals surface area contributed by atoms with Crippen LogP contribution in [-0.4, -0.2) is 90.0 Å². The molecule has 4 heterocycles. The van der Waals surface area contributed by atoms with Crippen molar-refractivity contribution in [2.75, 3.05) is 46.4 Å². The highest BCUT2D eigenvalue weighted by atomic mass is 16.5. The van der Waals surface area contributed by atoms with Crippen LogP contribution in [0.4, 0.5) is 5.69 Å². The first-order valence-corrected chi connectivity index (χ1v) is 11.9. The van der Waals surface area contributed by atoms with Crippen molar-refractivity contribution in [1.29, 1.82) is 0 Å². The fourth-order valence-electron chi connectivity index (χ4n) is 4.98. The Labute approximate surface area is 204 Å². The van der Waals surface area contributed by atoms with Crippen LogP contribution in [0.3, 0.4) is 0 Å². The number of likely N-dealkylation sites (tertiary alicyclic amines) is 1. The minimum absolute atomic E-state index is 0.144. The zero-order valence-corrected chi connectivity index (χ0v) is 20.0. The van der Waals surface area contributed by atoms with Crippen LogP contribution in [0.25, 0.3) is 0 Å². The Morgan fingerprint density at radius 1 is 1.17 bits per heavy atom. The number of amides is 1. The number of carbonyl (C=O) groups is 1. The molecule has 0 unspecified atom stereocenters. The summed E-state index contributed by atoms with van der Waals surface area (Å²) in [4.78, 5) is 30.4. The van der Waals surface area contributed by atoms with Crippen LogP contribution < -0.4 is 15.2 Å². The smallest absolute Gasteiger partial charge is 0.251 e. The predicted molar refractivity (Wildman–Crippen MR) is 132 cm³/mol. The molecule has 1 amide bonds. The molecular formula is C25H30N6O4. The van der Waals surface area contributed by atoms with E-state index in [9.17, 15) is 9.90 Å². The van der Waals surface area contributed by atoms with E-state index >= 15 is 0 Å². The minimum Gasteiger partial charge on any atom is -0.491 e. The number of nitrogens with zero attached hydrogens (tertiary/aromatic N) is 5. The number of amidine groups is 2. The van der Waals surface area contributed by atoms with Gasteiger partial charge in [-0.15, -0.1) is 0 Å². The summed E-state index contributed by atoms with van der Waals surface area (Å²) < 4.78 is 11.7. The molecule has 184 valence electrons. The Morgan fingerprint density at radius 3 is 2.71 bits per heavy atom. The monoisotopic (exact) mass is 478 g/mol. The fraction of sp³-hybridized carbons (Fsp3) is 0.440. The van der Waals surface area contributed by atoms with Crippen LogP contribution in [0, 0.1) is 6.92 Å². The van der Waals surface area contributed by atoms with Crippen LogP contribution in [0.2, 0.25) is 0 Å². The normalized spacial score (nSPS) is 18.0. The lowest BCUT2D eigenvalue weighted by atomic mass is 10.0. The number of aliphatic imine (C=N–C) groups is 2. The van der Waals surface area contributed by atoms with Gasteiger partial charge < -0.3 is 30.1 Å². The molecule has 0 saturated carbocycles. The number of pyridine rings is 1. The zero-order chi connectivity index (χ0) is 24.5. The minimum atomic E-state index is -0.611. The van der Waals surface area contributed by atoms with Crippen molar-refractivity contribution < 1.29 is 19.4 Å². The van der Waals surface area contributed by atoms with E-state index in [1.54, 1.807) is 26.3 Å². The number of nitrogens with two attached hydrogens (primary N) is 1. The van der Waals surface area contributed by atoms with Crippen molar-refractivity contribution in [3.8, 4) is 11.5 Å². The highest BCUT2D eigenvalue weighted by Gasteiger charge is 2.34. The number of methoxy groups -OCH3 is 1. The third kappa shape index (κ3) is 4.35. The van der Waals surface area contributed by atoms with Gasteiger partial charge in [-0.1, -0.05) is 0 Å². The molecule has 35 heavy (non-hydrogen) atoms. The lowest BCUT2D eigenvalue weighted by Gasteiger charge is -2.30. The quantitative estimate of drug-likeness (QED) is 0.589. The molecule has 0 bridgehead atoms. The molecule has 2 aromatic rings. The number of β-amino-alcohol motifs (C(OH)–C–C–N with tert-alkyl or cyclic N) is 1. The van der Waals surface area contributed by atoms with E-state index in [0.29, 0.717) is 59.5 Å². The maximum absolute atomic E-state index is 12.3. The number of primary amides is 1. The molecule has 1 aromatic carbocycles. The standard InChI is InChI=1S/C25H30N6O4/c1-15-20(23(26)33)17(7-8-27-15)25-29-21-18(24-28-9-12-31(24)25)5-6-19(22(21)34-2)35-14-16(32)13-30-10-3-4-11-30/h5-8,16,32H,3-4,9-14H2,1-2H3,(H2,26,33)/t16-/m1/s1. The second-order valence-electron chi connectivity index (χ2n) is 8.94. The molecule has 1 atom stereocenters. The van der Waals surface area contributed by atoms with Gasteiger partial charge in [0.25, 0.3) is 5.91 Å². The van der Waals surface area contributed by atoms with Gasteiger partial charge >= 0.3 is 0 Å². The van der Waals surface area contributed by atoms with E-state index in [1.807, 2.05) is 17.0 Å². The molecule has 1 fully saturated rings. The number of hydrogen-bond acceptors (Lipinski definition) is 9. The molecule has 0 spiro atoms. The van der Waals surface area contributed by atoms with Gasteiger partial charge in [0, 0.05) is 30.4 Å². The second kappa shape index (κ2) is 9.63. The molecule has 1 saturated heterocycles. The summed E-state index contributed by atoms with van der Waals surface area (Å²) in [5, 5.41) is 10.5. The van der Waals surface area contributed by atoms with Crippen molar-refractivity contribution in [3.05, 3.63) is 46.8 Å². The number of benzene rings is 1. The summed E-state index contributed by atoms with van der Waals surface area (Å²) in [7, 11) is 1.56. The topological polar surface area (TPSA) is 126 Å². The summed E-state index contributed by atoms with van der Waals surface area (Å²) >= 11 is 0. The molecule has 0 aliphatic carbocycles. The highest BCUT2D eigenvalue weighted by Crippen LogP contribution is 2.44. The zero-order valence-electron chi connectivity index (χ0n) is 20.0. The number of aliphatic hydroxyl groups is 1. The Kier molecular flexibility index (Phi) is 6.40. The fourth-order valence-corrected chi connectivity index (χ4v) is 4.98. The molecule has 10 heteroatoms. The van der Waals surface area contributed by atoms with Crippen LogP contribution in [0.15, 0.2) is 34.4 Å². The van der Waals surface area contributed by atoms with Crippen molar-refractivity contribution in [2.24, 2.45) is 15.7 Å². The van der Waals surface area contributed by atoms with E-state index < -0.39 is 12.0 Å². The summed E-state index contributed by atoms with van der Waals surface area (Å²) in [5.41, 5.74) is 8.56. The van der Waals surface area contributed by atoms with Crippen LogP contribution in [0.5, 0.6) is 11.5 Å². The summed E-state index contributed by atoms with van der Waals surface area (Å²) in [6, 6.07) is 5.48. The lowest BCUT2D eigenvalue weighted by Crippen LogP contribution is -2.39. The first kappa shape index (κ1) is 23.3. The SMILES string of the molecule is COc1c(OC[C@H](O)CN2CCCC2)ccc2c1N=C(c1ccnc(C)c1C(N)=O)N1CCN=C21. The molecule has 5 rings (SSSR count). The van der Waals surface area contributed by atoms with Crippen LogP contribution >= 0.6 is 0 Å². The maximum atomic E-state index is 12.3. The van der Waals surface area contributed by atoms with Gasteiger partial charge in [0.05, 0.1) is 24.9 Å². The van der Waals surface area contributed by atoms with Crippen molar-refractivity contribution >= 4 is 23.3 Å². The largest absolute Gasteiger partial charge is 0.491 e. The highest BCUT2D eigenvalue weighted by molar-refractivity contribution is 6.23. The van der Waals surface area contributed by atoms with Gasteiger partial charge in [-0.2, -0.15) is 0 Å². The Bertz CT molecular complexity index is 1200. The van der Waals surface area contributed by atoms with Gasteiger partial charge in [-0.05, 0) is 51.1 Å². The molecule has 3 N–H and O–H groups in total. The third-order valence-corrected chi connectivity index (χ3v) is 6.58. The number of aryl methyl sites for hydroxylation is 1. The van der Waals surface area contributed by atoms with Crippen LogP contribution in [0.1, 0.15) is 40.0 Å². The average Bonchev–Trinajstić information content (AvgIpc) is 3.53. The Morgan fingerprint density at radius 2 is 1.97 bits per heavy atom. The van der Waals surface area contributed by atoms with E-state index in [1.165, 1.54) is 12.8 Å². The summed E-state index contributed by atoms with van der Waals surface area (Å²) in [6.07, 6.45) is 3.37. The van der Waals surface area contributed by atoms with Gasteiger partial charge in [0.1, 0.15) is 30.1 Å². The number of ether oxygens (including phenoxy) is 2. The van der Waals surface area contributed by atoms with Crippen molar-refractivity contribution in [3.63, 3.8) is 0 Å². The second-order valence-corrected chi connectivity index (χ2v) is 8.94. The van der Waals surface area contributed by atoms with Gasteiger partial charge in [0.2, 0.25) is 0 Å². The van der Waals surface area contributed by atoms with Gasteiger partial charge in [-0.25, -0.2) is 4.99 Å². The third-order valence-electron chi connectivity index (χ3n) is 6.58. The molecule has 1 aromatic heterocycles. The molecule has 3 aliphatic heterocycles. The predicted octanol–water partition coefficient (Wildman–Crippen LogP) is 1.49. The van der Waals surface area contributed by atoms with E-state index in [2.05, 4.69) is 9.88 Å². The first-order valence-electron chi connectivity index (χ1n) is 11.9. The first-order chi connectivity index (χ1) is 17.0. The molecular weight excluding hydrogens is 448 g/mol.